The van der Waals surface area contributed by atoms with Crippen LogP contribution < -0.4 is 0 Å². The monoisotopic (exact) mass is 306 g/mol. The lowest BCUT2D eigenvalue weighted by Crippen LogP contribution is -2.41. The predicted octanol–water partition coefficient (Wildman–Crippen LogP) is 2.00. The van der Waals surface area contributed by atoms with Gasteiger partial charge in [0, 0.05) is 0 Å². The number of hydrogen-bond donors (Lipinski definition) is 1. The molecule has 0 bridgehead atoms. The van der Waals surface area contributed by atoms with Crippen LogP contribution in [0.1, 0.15) is 19.4 Å². The highest BCUT2D eigenvalue weighted by Gasteiger charge is 2.56. The lowest BCUT2D eigenvalue weighted by Gasteiger charge is -2.27. The number of rotatable bonds is 5. The highest BCUT2D eigenvalue weighted by atomic mass is 16.8. The van der Waals surface area contributed by atoms with E-state index in [9.17, 15) is 5.11 Å². The van der Waals surface area contributed by atoms with E-state index < -0.39 is 30.4 Å². The Morgan fingerprint density at radius 2 is 2.05 bits per heavy atom. The minimum atomic E-state index is -0.832. The minimum Gasteiger partial charge on any atom is -0.386 e. The maximum atomic E-state index is 10.1. The average Bonchev–Trinajstić information content (AvgIpc) is 2.97. The number of benzene rings is 1. The summed E-state index contributed by atoms with van der Waals surface area (Å²) in [4.78, 5) is 0. The van der Waals surface area contributed by atoms with Gasteiger partial charge in [0.25, 0.3) is 0 Å². The van der Waals surface area contributed by atoms with Gasteiger partial charge in [0.15, 0.2) is 12.1 Å². The van der Waals surface area contributed by atoms with Crippen molar-refractivity contribution in [2.45, 2.75) is 56.9 Å². The van der Waals surface area contributed by atoms with Crippen LogP contribution >= 0.6 is 0 Å². The molecule has 1 aromatic rings. The molecule has 2 fully saturated rings. The first-order chi connectivity index (χ1) is 10.5. The van der Waals surface area contributed by atoms with Crippen LogP contribution in [0.25, 0.3) is 0 Å². The molecule has 22 heavy (non-hydrogen) atoms. The fourth-order valence-corrected chi connectivity index (χ4v) is 2.87. The van der Waals surface area contributed by atoms with Crippen LogP contribution in [0.2, 0.25) is 0 Å². The summed E-state index contributed by atoms with van der Waals surface area (Å²) in [6.07, 6.45) is -1.25. The molecule has 2 aliphatic heterocycles. The van der Waals surface area contributed by atoms with Crippen molar-refractivity contribution in [3.8, 4) is 0 Å². The molecule has 120 valence electrons. The van der Waals surface area contributed by atoms with Gasteiger partial charge in [-0.25, -0.2) is 0 Å². The predicted molar refractivity (Wildman–Crippen MR) is 79.9 cm³/mol. The molecule has 1 N–H and O–H groups in total. The first kappa shape index (κ1) is 15.6. The molecule has 3 rings (SSSR count). The smallest absolute Gasteiger partial charge is 0.190 e. The number of fused-ring (bicyclic) bond motifs is 1. The van der Waals surface area contributed by atoms with E-state index in [1.54, 1.807) is 0 Å². The summed E-state index contributed by atoms with van der Waals surface area (Å²) in [5.74, 6) is -0.714. The van der Waals surface area contributed by atoms with Crippen molar-refractivity contribution in [1.29, 1.82) is 0 Å². The molecule has 2 saturated heterocycles. The second-order valence-electron chi connectivity index (χ2n) is 6.06. The van der Waals surface area contributed by atoms with E-state index in [0.29, 0.717) is 6.61 Å². The molecule has 0 radical (unpaired) electrons. The van der Waals surface area contributed by atoms with Crippen LogP contribution in [0, 0.1) is 0 Å². The molecular weight excluding hydrogens is 284 g/mol. The Morgan fingerprint density at radius 3 is 2.73 bits per heavy atom. The van der Waals surface area contributed by atoms with Gasteiger partial charge in [-0.15, -0.1) is 6.58 Å². The van der Waals surface area contributed by atoms with Gasteiger partial charge < -0.3 is 24.1 Å². The fourth-order valence-electron chi connectivity index (χ4n) is 2.87. The first-order valence-electron chi connectivity index (χ1n) is 7.47. The van der Waals surface area contributed by atoms with Gasteiger partial charge in [-0.2, -0.15) is 0 Å². The van der Waals surface area contributed by atoms with Crippen molar-refractivity contribution in [3.05, 3.63) is 48.6 Å². The van der Waals surface area contributed by atoms with Crippen LogP contribution in [0.4, 0.5) is 0 Å². The van der Waals surface area contributed by atoms with Crippen LogP contribution in [-0.4, -0.2) is 41.6 Å². The molecule has 0 spiro atoms. The Balaban J connectivity index is 1.73. The highest BCUT2D eigenvalue weighted by Crippen LogP contribution is 2.40. The van der Waals surface area contributed by atoms with E-state index in [-0.39, 0.29) is 6.10 Å². The summed E-state index contributed by atoms with van der Waals surface area (Å²) in [7, 11) is 0. The molecule has 0 saturated carbocycles. The van der Waals surface area contributed by atoms with Crippen LogP contribution in [-0.2, 0) is 25.6 Å². The zero-order valence-electron chi connectivity index (χ0n) is 12.8. The molecule has 2 heterocycles. The van der Waals surface area contributed by atoms with Gasteiger partial charge in [-0.3, -0.25) is 0 Å². The van der Waals surface area contributed by atoms with E-state index in [1.807, 2.05) is 44.2 Å². The van der Waals surface area contributed by atoms with E-state index in [0.717, 1.165) is 5.56 Å². The second kappa shape index (κ2) is 6.10. The average molecular weight is 306 g/mol. The molecule has 0 aromatic heterocycles. The maximum absolute atomic E-state index is 10.1. The Morgan fingerprint density at radius 1 is 1.32 bits per heavy atom. The quantitative estimate of drug-likeness (QED) is 0.843. The van der Waals surface area contributed by atoms with E-state index in [4.69, 9.17) is 18.9 Å². The molecular formula is C17H22O5. The Bertz CT molecular complexity index is 515. The minimum absolute atomic E-state index is 0.363. The molecule has 2 aliphatic rings. The third-order valence-corrected chi connectivity index (χ3v) is 3.89. The zero-order valence-corrected chi connectivity index (χ0v) is 12.8. The third-order valence-electron chi connectivity index (χ3n) is 3.89. The lowest BCUT2D eigenvalue weighted by molar-refractivity contribution is -0.227. The highest BCUT2D eigenvalue weighted by molar-refractivity contribution is 5.13. The van der Waals surface area contributed by atoms with E-state index in [1.165, 1.54) is 6.08 Å². The van der Waals surface area contributed by atoms with Gasteiger partial charge >= 0.3 is 0 Å². The second-order valence-corrected chi connectivity index (χ2v) is 6.06. The molecule has 0 aliphatic carbocycles. The lowest BCUT2D eigenvalue weighted by atomic mass is 10.1. The maximum Gasteiger partial charge on any atom is 0.190 e. The molecule has 5 atom stereocenters. The number of ether oxygens (including phenoxy) is 4. The van der Waals surface area contributed by atoms with Gasteiger partial charge in [0.1, 0.15) is 24.4 Å². The number of aliphatic hydroxyl groups is 1. The van der Waals surface area contributed by atoms with Crippen molar-refractivity contribution in [2.24, 2.45) is 0 Å². The van der Waals surface area contributed by atoms with Crippen LogP contribution in [0.3, 0.4) is 0 Å². The summed E-state index contributed by atoms with van der Waals surface area (Å²) in [6.45, 7) is 7.70. The molecule has 5 nitrogen and oxygen atoms in total. The Kier molecular flexibility index (Phi) is 4.34. The van der Waals surface area contributed by atoms with Gasteiger partial charge in [0.05, 0.1) is 6.61 Å². The Hall–Kier alpha value is -1.24. The van der Waals surface area contributed by atoms with Crippen molar-refractivity contribution >= 4 is 0 Å². The van der Waals surface area contributed by atoms with Gasteiger partial charge in [-0.05, 0) is 19.4 Å². The Labute approximate surface area is 130 Å². The number of hydrogen-bond acceptors (Lipinski definition) is 5. The van der Waals surface area contributed by atoms with Gasteiger partial charge in [0.2, 0.25) is 0 Å². The van der Waals surface area contributed by atoms with Gasteiger partial charge in [-0.1, -0.05) is 36.4 Å². The summed E-state index contributed by atoms with van der Waals surface area (Å²) >= 11 is 0. The molecule has 1 aromatic carbocycles. The molecule has 0 amide bonds. The van der Waals surface area contributed by atoms with Crippen LogP contribution in [0.15, 0.2) is 43.0 Å². The van der Waals surface area contributed by atoms with Crippen molar-refractivity contribution in [3.63, 3.8) is 0 Å². The van der Waals surface area contributed by atoms with Crippen molar-refractivity contribution in [2.75, 3.05) is 0 Å². The molecule has 5 heteroatoms. The summed E-state index contributed by atoms with van der Waals surface area (Å²) < 4.78 is 23.4. The van der Waals surface area contributed by atoms with Crippen molar-refractivity contribution in [1.82, 2.24) is 0 Å². The third kappa shape index (κ3) is 3.09. The normalized spacial score (nSPS) is 34.3. The van der Waals surface area contributed by atoms with E-state index >= 15 is 0 Å². The largest absolute Gasteiger partial charge is 0.386 e. The molecule has 2 unspecified atom stereocenters. The topological polar surface area (TPSA) is 57.2 Å². The SMILES string of the molecule is C=CC(O)[C@@H]1O[C@H]2OC(C)(C)O[C@H]2C1OCc1ccccc1. The first-order valence-corrected chi connectivity index (χ1v) is 7.47. The summed E-state index contributed by atoms with van der Waals surface area (Å²) in [5, 5.41) is 10.1. The standard InChI is InChI=1S/C17H22O5/c1-4-12(18)13-14(19-10-11-8-6-5-7-9-11)15-16(20-13)22-17(2,3)21-15/h4-9,12-16,18H,1,10H2,2-3H3/t12?,13-,14?,15-,16-/m0/s1. The summed E-state index contributed by atoms with van der Waals surface area (Å²) in [5.41, 5.74) is 1.05. The van der Waals surface area contributed by atoms with E-state index in [2.05, 4.69) is 6.58 Å². The van der Waals surface area contributed by atoms with Crippen molar-refractivity contribution < 1.29 is 24.1 Å². The number of aliphatic hydroxyl groups excluding tert-OH is 1. The fraction of sp³-hybridized carbons (Fsp3) is 0.529. The zero-order chi connectivity index (χ0) is 15.7. The summed E-state index contributed by atoms with van der Waals surface area (Å²) in [6, 6.07) is 9.85. The van der Waals surface area contributed by atoms with Crippen LogP contribution in [0.5, 0.6) is 0 Å².